The minimum absolute atomic E-state index is 0.0803. The minimum atomic E-state index is -0.423. The van der Waals surface area contributed by atoms with E-state index in [1.165, 1.54) is 5.56 Å². The van der Waals surface area contributed by atoms with Crippen LogP contribution in [0.5, 0.6) is 0 Å². The first-order valence-corrected chi connectivity index (χ1v) is 11.1. The molecule has 1 aliphatic heterocycles. The Morgan fingerprint density at radius 3 is 2.70 bits per heavy atom. The molecule has 1 aromatic carbocycles. The van der Waals surface area contributed by atoms with Gasteiger partial charge < -0.3 is 25.9 Å². The summed E-state index contributed by atoms with van der Waals surface area (Å²) in [5.74, 6) is -0.343. The molecule has 0 saturated carbocycles. The maximum absolute atomic E-state index is 13.1. The molecule has 4 rings (SSSR count). The smallest absolute Gasteiger partial charge is 0.278 e. The lowest BCUT2D eigenvalue weighted by molar-refractivity contribution is 0.102. The molecule has 1 fully saturated rings. The van der Waals surface area contributed by atoms with E-state index < -0.39 is 5.91 Å². The van der Waals surface area contributed by atoms with Gasteiger partial charge >= 0.3 is 0 Å². The van der Waals surface area contributed by atoms with E-state index in [1.54, 1.807) is 18.6 Å². The minimum Gasteiger partial charge on any atom is -0.382 e. The number of amides is 1. The van der Waals surface area contributed by atoms with E-state index in [4.69, 9.17) is 10.5 Å². The van der Waals surface area contributed by atoms with Crippen LogP contribution in [0.2, 0.25) is 0 Å². The summed E-state index contributed by atoms with van der Waals surface area (Å²) >= 11 is 0. The lowest BCUT2D eigenvalue weighted by Crippen LogP contribution is -2.36. The molecule has 170 valence electrons. The van der Waals surface area contributed by atoms with E-state index >= 15 is 0 Å². The molecule has 3 heterocycles. The molecule has 9 nitrogen and oxygen atoms in total. The number of ether oxygens (including phenoxy) is 1. The molecule has 4 N–H and O–H groups in total. The number of nitrogens with two attached hydrogens (primary N) is 1. The summed E-state index contributed by atoms with van der Waals surface area (Å²) in [6.45, 7) is 3.76. The third-order valence-electron chi connectivity index (χ3n) is 5.56. The fourth-order valence-corrected chi connectivity index (χ4v) is 3.76. The predicted octanol–water partition coefficient (Wildman–Crippen LogP) is 1.28. The molecule has 2 aromatic heterocycles. The second-order valence-electron chi connectivity index (χ2n) is 7.84. The van der Waals surface area contributed by atoms with Crippen molar-refractivity contribution < 1.29 is 9.53 Å². The van der Waals surface area contributed by atoms with Gasteiger partial charge in [-0.2, -0.15) is 0 Å². The Hall–Kier alpha value is -3.50. The number of anilines is 3. The SMILES string of the molecule is BNCCCc1ccc(-c2cnc(N)c(C(=O)Nc3cnccc3N3CCOCC3)n2)cc1. The summed E-state index contributed by atoms with van der Waals surface area (Å²) in [6, 6.07) is 10.0. The zero-order chi connectivity index (χ0) is 23.0. The van der Waals surface area contributed by atoms with Crippen molar-refractivity contribution in [3.05, 3.63) is 60.2 Å². The second-order valence-corrected chi connectivity index (χ2v) is 7.84. The maximum atomic E-state index is 13.1. The Morgan fingerprint density at radius 1 is 1.15 bits per heavy atom. The Kier molecular flexibility index (Phi) is 7.49. The number of aromatic nitrogens is 3. The Bertz CT molecular complexity index is 1090. The first-order valence-electron chi connectivity index (χ1n) is 11.1. The number of carbonyl (C=O) groups excluding carboxylic acids is 1. The standard InChI is InChI=1S/C23H28BN7O2/c24-28-8-1-2-16-3-5-17(6-4-16)18-15-27-22(25)21(29-18)23(32)30-19-14-26-9-7-20(19)31-10-12-33-13-11-31/h3-7,9,14-15,28H,1-2,8,10-13,24H2,(H2,25,27)(H,30,32). The van der Waals surface area contributed by atoms with Crippen LogP contribution >= 0.6 is 0 Å². The van der Waals surface area contributed by atoms with Crippen molar-refractivity contribution >= 4 is 31.1 Å². The third kappa shape index (κ3) is 5.66. The number of carbonyl (C=O) groups is 1. The van der Waals surface area contributed by atoms with Gasteiger partial charge in [0.2, 0.25) is 0 Å². The van der Waals surface area contributed by atoms with Crippen LogP contribution in [0, 0.1) is 0 Å². The molecule has 0 aliphatic carbocycles. The molecule has 10 heteroatoms. The van der Waals surface area contributed by atoms with Gasteiger partial charge in [-0.15, -0.1) is 0 Å². The van der Waals surface area contributed by atoms with Crippen LogP contribution in [0.25, 0.3) is 11.3 Å². The van der Waals surface area contributed by atoms with Gasteiger partial charge in [0, 0.05) is 24.8 Å². The quantitative estimate of drug-likeness (QED) is 0.351. The predicted molar refractivity (Wildman–Crippen MR) is 132 cm³/mol. The topological polar surface area (TPSA) is 118 Å². The number of hydrogen-bond acceptors (Lipinski definition) is 8. The fourth-order valence-electron chi connectivity index (χ4n) is 3.76. The van der Waals surface area contributed by atoms with Crippen molar-refractivity contribution in [2.45, 2.75) is 12.8 Å². The van der Waals surface area contributed by atoms with Crippen molar-refractivity contribution in [1.29, 1.82) is 0 Å². The average Bonchev–Trinajstić information content (AvgIpc) is 2.86. The van der Waals surface area contributed by atoms with E-state index in [9.17, 15) is 4.79 Å². The Balaban J connectivity index is 1.52. The molecular formula is C23H28BN7O2. The van der Waals surface area contributed by atoms with Crippen LogP contribution in [0.15, 0.2) is 48.9 Å². The van der Waals surface area contributed by atoms with Crippen molar-refractivity contribution in [2.24, 2.45) is 0 Å². The largest absolute Gasteiger partial charge is 0.382 e. The van der Waals surface area contributed by atoms with Crippen LogP contribution in [0.1, 0.15) is 22.5 Å². The van der Waals surface area contributed by atoms with Gasteiger partial charge in [-0.25, -0.2) is 9.97 Å². The van der Waals surface area contributed by atoms with E-state index in [0.29, 0.717) is 24.6 Å². The number of aryl methyl sites for hydroxylation is 1. The zero-order valence-electron chi connectivity index (χ0n) is 18.8. The van der Waals surface area contributed by atoms with Crippen LogP contribution in [-0.4, -0.2) is 61.7 Å². The molecule has 0 unspecified atom stereocenters. The molecule has 1 saturated heterocycles. The highest BCUT2D eigenvalue weighted by atomic mass is 16.5. The molecular weight excluding hydrogens is 417 g/mol. The average molecular weight is 445 g/mol. The third-order valence-corrected chi connectivity index (χ3v) is 5.56. The van der Waals surface area contributed by atoms with Gasteiger partial charge in [0.25, 0.3) is 5.91 Å². The van der Waals surface area contributed by atoms with Crippen molar-refractivity contribution in [1.82, 2.24) is 20.2 Å². The molecule has 1 amide bonds. The van der Waals surface area contributed by atoms with Crippen molar-refractivity contribution in [2.75, 3.05) is 48.8 Å². The summed E-state index contributed by atoms with van der Waals surface area (Å²) < 4.78 is 5.43. The van der Waals surface area contributed by atoms with Gasteiger partial charge in [0.1, 0.15) is 0 Å². The summed E-state index contributed by atoms with van der Waals surface area (Å²) in [6.07, 6.45) is 6.99. The molecule has 0 bridgehead atoms. The van der Waals surface area contributed by atoms with Crippen LogP contribution < -0.4 is 21.2 Å². The van der Waals surface area contributed by atoms with Gasteiger partial charge in [0.05, 0.1) is 42.7 Å². The maximum Gasteiger partial charge on any atom is 0.278 e. The number of nitrogens with zero attached hydrogens (tertiary/aromatic N) is 4. The molecule has 1 aliphatic rings. The zero-order valence-corrected chi connectivity index (χ0v) is 18.8. The van der Waals surface area contributed by atoms with Crippen LogP contribution in [0.3, 0.4) is 0 Å². The van der Waals surface area contributed by atoms with E-state index in [1.807, 2.05) is 26.2 Å². The summed E-state index contributed by atoms with van der Waals surface area (Å²) in [4.78, 5) is 28.1. The normalized spacial score (nSPS) is 13.6. The number of pyridine rings is 1. The van der Waals surface area contributed by atoms with Gasteiger partial charge in [-0.3, -0.25) is 9.78 Å². The number of morpholine rings is 1. The second kappa shape index (κ2) is 10.9. The Morgan fingerprint density at radius 2 is 1.94 bits per heavy atom. The summed E-state index contributed by atoms with van der Waals surface area (Å²) in [5, 5.41) is 6.07. The monoisotopic (exact) mass is 445 g/mol. The summed E-state index contributed by atoms with van der Waals surface area (Å²) in [5.41, 5.74) is 10.3. The van der Waals surface area contributed by atoms with Crippen molar-refractivity contribution in [3.8, 4) is 11.3 Å². The number of benzene rings is 1. The first-order chi connectivity index (χ1) is 16.2. The molecule has 0 spiro atoms. The lowest BCUT2D eigenvalue weighted by Gasteiger charge is -2.30. The molecule has 0 atom stereocenters. The van der Waals surface area contributed by atoms with Crippen LogP contribution in [0.4, 0.5) is 17.2 Å². The highest BCUT2D eigenvalue weighted by molar-refractivity contribution is 6.07. The van der Waals surface area contributed by atoms with E-state index in [0.717, 1.165) is 43.7 Å². The number of hydrogen-bond donors (Lipinski definition) is 3. The van der Waals surface area contributed by atoms with Crippen LogP contribution in [-0.2, 0) is 11.2 Å². The Labute approximate surface area is 194 Å². The van der Waals surface area contributed by atoms with E-state index in [2.05, 4.69) is 42.5 Å². The number of nitrogen functional groups attached to an aromatic ring is 1. The molecule has 3 aromatic rings. The van der Waals surface area contributed by atoms with Gasteiger partial charge in [0.15, 0.2) is 19.5 Å². The van der Waals surface area contributed by atoms with Crippen molar-refractivity contribution in [3.63, 3.8) is 0 Å². The van der Waals surface area contributed by atoms with Gasteiger partial charge in [-0.05, 0) is 31.0 Å². The highest BCUT2D eigenvalue weighted by Gasteiger charge is 2.19. The highest BCUT2D eigenvalue weighted by Crippen LogP contribution is 2.26. The molecule has 0 radical (unpaired) electrons. The number of nitrogens with one attached hydrogen (secondary N) is 2. The summed E-state index contributed by atoms with van der Waals surface area (Å²) in [7, 11) is 1.95. The lowest BCUT2D eigenvalue weighted by atomic mass is 10.1. The fraction of sp³-hybridized carbons (Fsp3) is 0.304. The first kappa shape index (κ1) is 22.7. The van der Waals surface area contributed by atoms with E-state index in [-0.39, 0.29) is 11.5 Å². The number of rotatable bonds is 8. The molecule has 33 heavy (non-hydrogen) atoms. The van der Waals surface area contributed by atoms with Gasteiger partial charge in [-0.1, -0.05) is 24.3 Å².